The Balaban J connectivity index is 1.77. The van der Waals surface area contributed by atoms with Crippen LogP contribution in [0.2, 0.25) is 0 Å². The lowest BCUT2D eigenvalue weighted by molar-refractivity contribution is 0.0894. The Kier molecular flexibility index (Phi) is 9.18. The number of hydrogen-bond acceptors (Lipinski definition) is 6. The predicted octanol–water partition coefficient (Wildman–Crippen LogP) is 2.59. The molecule has 0 atom stereocenters. The van der Waals surface area contributed by atoms with Crippen LogP contribution in [0, 0.1) is 11.6 Å². The number of hydrogen-bond donors (Lipinski definition) is 2. The Morgan fingerprint density at radius 3 is 2.51 bits per heavy atom. The fourth-order valence-corrected chi connectivity index (χ4v) is 3.04. The van der Waals surface area contributed by atoms with E-state index in [1.165, 1.54) is 23.0 Å². The van der Waals surface area contributed by atoms with Gasteiger partial charge in [-0.05, 0) is 37.3 Å². The van der Waals surface area contributed by atoms with Crippen LogP contribution in [0.5, 0.6) is 5.75 Å². The summed E-state index contributed by atoms with van der Waals surface area (Å²) in [6, 6.07) is 8.02. The van der Waals surface area contributed by atoms with Crippen LogP contribution in [0.25, 0.3) is 5.69 Å². The molecule has 0 bridgehead atoms. The monoisotopic (exact) mass is 491 g/mol. The second-order valence-electron chi connectivity index (χ2n) is 7.12. The molecule has 0 unspecified atom stereocenters. The molecule has 3 rings (SSSR count). The maximum Gasteiger partial charge on any atom is 0.273 e. The summed E-state index contributed by atoms with van der Waals surface area (Å²) in [4.78, 5) is 24.7. The molecule has 0 aliphatic heterocycles. The zero-order valence-corrected chi connectivity index (χ0v) is 18.9. The molecule has 0 spiro atoms. The Labute approximate surface area is 199 Å². The van der Waals surface area contributed by atoms with Gasteiger partial charge in [-0.2, -0.15) is 0 Å². The summed E-state index contributed by atoms with van der Waals surface area (Å²) < 4.78 is 51.8. The molecule has 2 amide bonds. The predicted molar refractivity (Wildman–Crippen MR) is 119 cm³/mol. The molecule has 0 aliphatic rings. The van der Waals surface area contributed by atoms with Crippen molar-refractivity contribution in [3.05, 3.63) is 71.1 Å². The number of nitrogens with one attached hydrogen (secondary N) is 2. The summed E-state index contributed by atoms with van der Waals surface area (Å²) in [6.07, 6.45) is 1.31. The van der Waals surface area contributed by atoms with Crippen molar-refractivity contribution < 1.29 is 32.2 Å². The van der Waals surface area contributed by atoms with Crippen molar-refractivity contribution in [2.75, 3.05) is 33.0 Å². The molecule has 3 aromatic rings. The molecule has 9 nitrogen and oxygen atoms in total. The first-order valence-electron chi connectivity index (χ1n) is 10.8. The Morgan fingerprint density at radius 1 is 1.03 bits per heavy atom. The largest absolute Gasteiger partial charge is 0.489 e. The quantitative estimate of drug-likeness (QED) is 0.377. The molecule has 1 aromatic heterocycles. The van der Waals surface area contributed by atoms with Gasteiger partial charge in [-0.3, -0.25) is 9.59 Å². The van der Waals surface area contributed by atoms with E-state index in [0.717, 1.165) is 12.1 Å². The van der Waals surface area contributed by atoms with Crippen molar-refractivity contribution in [1.82, 2.24) is 25.6 Å². The van der Waals surface area contributed by atoms with Gasteiger partial charge in [0.25, 0.3) is 11.8 Å². The van der Waals surface area contributed by atoms with Crippen molar-refractivity contribution in [2.24, 2.45) is 0 Å². The van der Waals surface area contributed by atoms with Gasteiger partial charge in [0.1, 0.15) is 36.4 Å². The molecule has 2 N–H and O–H groups in total. The van der Waals surface area contributed by atoms with Crippen molar-refractivity contribution in [2.45, 2.75) is 13.5 Å². The van der Waals surface area contributed by atoms with Crippen LogP contribution in [0.4, 0.5) is 13.2 Å². The highest BCUT2D eigenvalue weighted by molar-refractivity contribution is 5.95. The molecule has 0 radical (unpaired) electrons. The molecule has 186 valence electrons. The van der Waals surface area contributed by atoms with Crippen molar-refractivity contribution in [3.63, 3.8) is 0 Å². The van der Waals surface area contributed by atoms with E-state index >= 15 is 0 Å². The SMILES string of the molecule is CCNC(=O)c1ccc(-n2cc(C(=O)NCc3c(F)cccc3F)nn2)c(OCCOCCF)c1. The molecule has 35 heavy (non-hydrogen) atoms. The third-order valence-corrected chi connectivity index (χ3v) is 4.73. The van der Waals surface area contributed by atoms with Gasteiger partial charge in [-0.15, -0.1) is 5.10 Å². The number of amides is 2. The van der Waals surface area contributed by atoms with E-state index in [0.29, 0.717) is 17.8 Å². The summed E-state index contributed by atoms with van der Waals surface area (Å²) in [5.41, 5.74) is 0.321. The highest BCUT2D eigenvalue weighted by Crippen LogP contribution is 2.24. The third-order valence-electron chi connectivity index (χ3n) is 4.73. The normalized spacial score (nSPS) is 10.7. The number of alkyl halides is 1. The minimum absolute atomic E-state index is 0.0620. The summed E-state index contributed by atoms with van der Waals surface area (Å²) in [5, 5.41) is 12.8. The Bertz CT molecular complexity index is 1150. The first-order chi connectivity index (χ1) is 16.9. The van der Waals surface area contributed by atoms with E-state index in [-0.39, 0.29) is 49.3 Å². The van der Waals surface area contributed by atoms with Crippen LogP contribution in [-0.2, 0) is 11.3 Å². The van der Waals surface area contributed by atoms with Gasteiger partial charge in [0.15, 0.2) is 5.69 Å². The molecule has 0 aliphatic carbocycles. The molecule has 12 heteroatoms. The van der Waals surface area contributed by atoms with Gasteiger partial charge in [0, 0.05) is 24.2 Å². The summed E-state index contributed by atoms with van der Waals surface area (Å²) in [6.45, 7) is 1.35. The highest BCUT2D eigenvalue weighted by Gasteiger charge is 2.17. The van der Waals surface area contributed by atoms with Crippen molar-refractivity contribution in [1.29, 1.82) is 0 Å². The summed E-state index contributed by atoms with van der Waals surface area (Å²) >= 11 is 0. The van der Waals surface area contributed by atoms with Crippen LogP contribution in [0.15, 0.2) is 42.6 Å². The van der Waals surface area contributed by atoms with Gasteiger partial charge >= 0.3 is 0 Å². The first kappa shape index (κ1) is 25.7. The first-order valence-corrected chi connectivity index (χ1v) is 10.8. The van der Waals surface area contributed by atoms with Crippen LogP contribution in [0.3, 0.4) is 0 Å². The van der Waals surface area contributed by atoms with Gasteiger partial charge in [0.2, 0.25) is 0 Å². The topological polar surface area (TPSA) is 107 Å². The van der Waals surface area contributed by atoms with E-state index < -0.39 is 24.2 Å². The highest BCUT2D eigenvalue weighted by atomic mass is 19.1. The fourth-order valence-electron chi connectivity index (χ4n) is 3.04. The molecule has 0 saturated heterocycles. The number of rotatable bonds is 12. The number of aromatic nitrogens is 3. The number of carbonyl (C=O) groups excluding carboxylic acids is 2. The zero-order chi connectivity index (χ0) is 25.2. The van der Waals surface area contributed by atoms with Crippen LogP contribution >= 0.6 is 0 Å². The van der Waals surface area contributed by atoms with E-state index in [2.05, 4.69) is 20.9 Å². The number of ether oxygens (including phenoxy) is 2. The number of carbonyl (C=O) groups is 2. The van der Waals surface area contributed by atoms with E-state index in [1.54, 1.807) is 19.1 Å². The minimum Gasteiger partial charge on any atom is -0.489 e. The molecule has 1 heterocycles. The molecule has 2 aromatic carbocycles. The maximum atomic E-state index is 13.8. The van der Waals surface area contributed by atoms with Gasteiger partial charge < -0.3 is 20.1 Å². The number of nitrogens with zero attached hydrogens (tertiary/aromatic N) is 3. The maximum absolute atomic E-state index is 13.8. The summed E-state index contributed by atoms with van der Waals surface area (Å²) in [5.74, 6) is -2.31. The van der Waals surface area contributed by atoms with Crippen LogP contribution < -0.4 is 15.4 Å². The third kappa shape index (κ3) is 6.79. The minimum atomic E-state index is -0.779. The number of benzene rings is 2. The lowest BCUT2D eigenvalue weighted by Crippen LogP contribution is -2.24. The van der Waals surface area contributed by atoms with Gasteiger partial charge in [-0.25, -0.2) is 17.9 Å². The van der Waals surface area contributed by atoms with Crippen molar-refractivity contribution in [3.8, 4) is 11.4 Å². The van der Waals surface area contributed by atoms with Gasteiger partial charge in [0.05, 0.1) is 19.4 Å². The Morgan fingerprint density at radius 2 is 1.80 bits per heavy atom. The lowest BCUT2D eigenvalue weighted by Gasteiger charge is -2.13. The number of halogens is 3. The second kappa shape index (κ2) is 12.5. The lowest BCUT2D eigenvalue weighted by atomic mass is 10.1. The fraction of sp³-hybridized carbons (Fsp3) is 0.304. The average molecular weight is 491 g/mol. The van der Waals surface area contributed by atoms with Crippen LogP contribution in [-0.4, -0.2) is 59.8 Å². The summed E-state index contributed by atoms with van der Waals surface area (Å²) in [7, 11) is 0. The molecule has 0 fully saturated rings. The molecule has 0 saturated carbocycles. The second-order valence-corrected chi connectivity index (χ2v) is 7.12. The van der Waals surface area contributed by atoms with E-state index in [4.69, 9.17) is 9.47 Å². The van der Waals surface area contributed by atoms with Gasteiger partial charge in [-0.1, -0.05) is 11.3 Å². The smallest absolute Gasteiger partial charge is 0.273 e. The van der Waals surface area contributed by atoms with E-state index in [1.807, 2.05) is 0 Å². The standard InChI is InChI=1S/C23H24F3N5O4/c1-2-27-22(32)15-6-7-20(21(12-15)35-11-10-34-9-8-24)31-14-19(29-30-31)23(33)28-13-16-17(25)4-3-5-18(16)26/h3-7,12,14H,2,8-11,13H2,1H3,(H,27,32)(H,28,33). The Hall–Kier alpha value is -3.93. The average Bonchev–Trinajstić information content (AvgIpc) is 3.34. The zero-order valence-electron chi connectivity index (χ0n) is 18.9. The molecular formula is C23H24F3N5O4. The van der Waals surface area contributed by atoms with Crippen LogP contribution in [0.1, 0.15) is 33.3 Å². The molecular weight excluding hydrogens is 467 g/mol. The van der Waals surface area contributed by atoms with Crippen molar-refractivity contribution >= 4 is 11.8 Å². The van der Waals surface area contributed by atoms with E-state index in [9.17, 15) is 22.8 Å².